The number of carbonyl (C=O) groups excluding carboxylic acids is 1. The van der Waals surface area contributed by atoms with Crippen molar-refractivity contribution in [3.63, 3.8) is 0 Å². The van der Waals surface area contributed by atoms with Gasteiger partial charge in [0.1, 0.15) is 5.60 Å². The van der Waals surface area contributed by atoms with E-state index in [2.05, 4.69) is 36.5 Å². The number of benzene rings is 2. The Kier molecular flexibility index (Phi) is 5.43. The summed E-state index contributed by atoms with van der Waals surface area (Å²) in [6.07, 6.45) is 0.584. The second-order valence-electron chi connectivity index (χ2n) is 6.52. The molecule has 0 bridgehead atoms. The first-order valence-electron chi connectivity index (χ1n) is 8.03. The summed E-state index contributed by atoms with van der Waals surface area (Å²) >= 11 is 0. The van der Waals surface area contributed by atoms with Crippen molar-refractivity contribution in [1.82, 2.24) is 5.32 Å². The highest BCUT2D eigenvalue weighted by atomic mass is 16.6. The van der Waals surface area contributed by atoms with Crippen LogP contribution in [0.15, 0.2) is 48.5 Å². The van der Waals surface area contributed by atoms with Crippen molar-refractivity contribution in [2.75, 3.05) is 0 Å². The molecule has 3 heteroatoms. The summed E-state index contributed by atoms with van der Waals surface area (Å²) in [4.78, 5) is 11.9. The molecule has 0 saturated carbocycles. The highest BCUT2D eigenvalue weighted by Crippen LogP contribution is 2.27. The molecule has 0 unspecified atom stereocenters. The van der Waals surface area contributed by atoms with E-state index in [1.807, 2.05) is 45.0 Å². The lowest BCUT2D eigenvalue weighted by molar-refractivity contribution is 0.0523. The van der Waals surface area contributed by atoms with Crippen molar-refractivity contribution in [2.45, 2.75) is 46.3 Å². The molecule has 0 radical (unpaired) electrons. The molecule has 0 heterocycles. The smallest absolute Gasteiger partial charge is 0.407 e. The highest BCUT2D eigenvalue weighted by Gasteiger charge is 2.16. The van der Waals surface area contributed by atoms with Gasteiger partial charge in [0.25, 0.3) is 0 Å². The van der Waals surface area contributed by atoms with Gasteiger partial charge in [0.2, 0.25) is 0 Å². The molecule has 2 aromatic rings. The molecular formula is C20H25NO2. The van der Waals surface area contributed by atoms with Crippen LogP contribution in [0.4, 0.5) is 4.79 Å². The van der Waals surface area contributed by atoms with Crippen LogP contribution in [0.2, 0.25) is 0 Å². The number of hydrogen-bond donors (Lipinski definition) is 1. The van der Waals surface area contributed by atoms with Gasteiger partial charge < -0.3 is 10.1 Å². The zero-order chi connectivity index (χ0) is 16.9. The van der Waals surface area contributed by atoms with Gasteiger partial charge in [-0.3, -0.25) is 0 Å². The average Bonchev–Trinajstić information content (AvgIpc) is 2.51. The molecule has 0 spiro atoms. The van der Waals surface area contributed by atoms with Crippen LogP contribution in [0.5, 0.6) is 0 Å². The van der Waals surface area contributed by atoms with Crippen LogP contribution >= 0.6 is 0 Å². The maximum Gasteiger partial charge on any atom is 0.407 e. The summed E-state index contributed by atoms with van der Waals surface area (Å²) in [5.41, 5.74) is 4.27. The molecule has 2 aromatic carbocycles. The molecule has 0 aliphatic rings. The van der Waals surface area contributed by atoms with Crippen molar-refractivity contribution >= 4 is 6.09 Å². The predicted octanol–water partition coefficient (Wildman–Crippen LogP) is 4.94. The fourth-order valence-corrected chi connectivity index (χ4v) is 2.51. The molecule has 0 atom stereocenters. The van der Waals surface area contributed by atoms with Gasteiger partial charge in [-0.05, 0) is 49.4 Å². The van der Waals surface area contributed by atoms with Gasteiger partial charge in [0.05, 0.1) is 0 Å². The number of aryl methyl sites for hydroxylation is 1. The Morgan fingerprint density at radius 3 is 2.04 bits per heavy atom. The number of hydrogen-bond acceptors (Lipinski definition) is 2. The fraction of sp³-hybridized carbons (Fsp3) is 0.350. The largest absolute Gasteiger partial charge is 0.444 e. The topological polar surface area (TPSA) is 38.3 Å². The Labute approximate surface area is 138 Å². The molecule has 0 aliphatic heterocycles. The maximum absolute atomic E-state index is 11.9. The lowest BCUT2D eigenvalue weighted by Gasteiger charge is -2.20. The minimum absolute atomic E-state index is 0.393. The quantitative estimate of drug-likeness (QED) is 0.868. The molecule has 122 valence electrons. The third-order valence-corrected chi connectivity index (χ3v) is 3.53. The number of ether oxygens (including phenoxy) is 1. The minimum Gasteiger partial charge on any atom is -0.444 e. The zero-order valence-corrected chi connectivity index (χ0v) is 14.3. The molecule has 1 amide bonds. The summed E-state index contributed by atoms with van der Waals surface area (Å²) in [6.45, 7) is 8.18. The maximum atomic E-state index is 11.9. The second kappa shape index (κ2) is 7.32. The number of alkyl carbamates (subject to hydrolysis) is 1. The third-order valence-electron chi connectivity index (χ3n) is 3.53. The van der Waals surface area contributed by atoms with Crippen molar-refractivity contribution in [2.24, 2.45) is 0 Å². The fourth-order valence-electron chi connectivity index (χ4n) is 2.51. The van der Waals surface area contributed by atoms with Crippen molar-refractivity contribution in [1.29, 1.82) is 0 Å². The van der Waals surface area contributed by atoms with Gasteiger partial charge in [0, 0.05) is 6.54 Å². The van der Waals surface area contributed by atoms with Gasteiger partial charge in [-0.15, -0.1) is 0 Å². The SMILES string of the molecule is CCc1ccccc1-c1ccccc1CNC(=O)OC(C)(C)C. The Morgan fingerprint density at radius 1 is 0.957 bits per heavy atom. The Hall–Kier alpha value is -2.29. The Balaban J connectivity index is 2.20. The number of rotatable bonds is 4. The summed E-state index contributed by atoms with van der Waals surface area (Å²) in [5, 5.41) is 2.84. The summed E-state index contributed by atoms with van der Waals surface area (Å²) in [6, 6.07) is 16.5. The van der Waals surface area contributed by atoms with E-state index in [1.54, 1.807) is 0 Å². The van der Waals surface area contributed by atoms with Crippen LogP contribution in [-0.4, -0.2) is 11.7 Å². The van der Waals surface area contributed by atoms with Crippen molar-refractivity contribution < 1.29 is 9.53 Å². The Morgan fingerprint density at radius 2 is 1.48 bits per heavy atom. The van der Waals surface area contributed by atoms with E-state index < -0.39 is 11.7 Å². The van der Waals surface area contributed by atoms with Crippen LogP contribution < -0.4 is 5.32 Å². The van der Waals surface area contributed by atoms with Crippen LogP contribution in [0.25, 0.3) is 11.1 Å². The van der Waals surface area contributed by atoms with E-state index in [4.69, 9.17) is 4.74 Å². The third kappa shape index (κ3) is 4.85. The van der Waals surface area contributed by atoms with Crippen LogP contribution in [-0.2, 0) is 17.7 Å². The summed E-state index contributed by atoms with van der Waals surface area (Å²) < 4.78 is 5.30. The number of carbonyl (C=O) groups is 1. The second-order valence-corrected chi connectivity index (χ2v) is 6.52. The molecule has 3 nitrogen and oxygen atoms in total. The van der Waals surface area contributed by atoms with Crippen LogP contribution in [0.3, 0.4) is 0 Å². The monoisotopic (exact) mass is 311 g/mol. The Bertz CT molecular complexity index is 671. The molecule has 0 fully saturated rings. The van der Waals surface area contributed by atoms with E-state index in [-0.39, 0.29) is 0 Å². The molecule has 2 rings (SSSR count). The molecule has 1 N–H and O–H groups in total. The van der Waals surface area contributed by atoms with Crippen molar-refractivity contribution in [3.05, 3.63) is 59.7 Å². The van der Waals surface area contributed by atoms with Crippen LogP contribution in [0.1, 0.15) is 38.8 Å². The van der Waals surface area contributed by atoms with E-state index in [9.17, 15) is 4.79 Å². The zero-order valence-electron chi connectivity index (χ0n) is 14.3. The van der Waals surface area contributed by atoms with Gasteiger partial charge in [-0.1, -0.05) is 55.5 Å². The predicted molar refractivity (Wildman–Crippen MR) is 94.3 cm³/mol. The first kappa shape index (κ1) is 17.1. The van der Waals surface area contributed by atoms with E-state index in [1.165, 1.54) is 11.1 Å². The lowest BCUT2D eigenvalue weighted by Crippen LogP contribution is -2.32. The molecule has 0 aromatic heterocycles. The summed E-state index contributed by atoms with van der Waals surface area (Å²) in [5.74, 6) is 0. The van der Waals surface area contributed by atoms with Gasteiger partial charge in [0.15, 0.2) is 0 Å². The van der Waals surface area contributed by atoms with Crippen molar-refractivity contribution in [3.8, 4) is 11.1 Å². The van der Waals surface area contributed by atoms with E-state index in [0.717, 1.165) is 17.5 Å². The van der Waals surface area contributed by atoms with Gasteiger partial charge >= 0.3 is 6.09 Å². The average molecular weight is 311 g/mol. The highest BCUT2D eigenvalue weighted by molar-refractivity contribution is 5.72. The molecule has 0 aliphatic carbocycles. The molecule has 23 heavy (non-hydrogen) atoms. The molecule has 0 saturated heterocycles. The number of amides is 1. The summed E-state index contributed by atoms with van der Waals surface area (Å²) in [7, 11) is 0. The number of nitrogens with one attached hydrogen (secondary N) is 1. The minimum atomic E-state index is -0.488. The first-order valence-corrected chi connectivity index (χ1v) is 8.03. The standard InChI is InChI=1S/C20H25NO2/c1-5-15-10-6-8-12-17(15)18-13-9-7-11-16(18)14-21-19(22)23-20(2,3)4/h6-13H,5,14H2,1-4H3,(H,21,22). The van der Waals surface area contributed by atoms with E-state index in [0.29, 0.717) is 6.54 Å². The van der Waals surface area contributed by atoms with Gasteiger partial charge in [-0.2, -0.15) is 0 Å². The molecular weight excluding hydrogens is 286 g/mol. The van der Waals surface area contributed by atoms with Crippen LogP contribution in [0, 0.1) is 0 Å². The van der Waals surface area contributed by atoms with Gasteiger partial charge in [-0.25, -0.2) is 4.79 Å². The lowest BCUT2D eigenvalue weighted by atomic mass is 9.94. The first-order chi connectivity index (χ1) is 10.9. The van der Waals surface area contributed by atoms with E-state index >= 15 is 0 Å². The normalized spacial score (nSPS) is 11.1.